The molecule has 0 fully saturated rings. The lowest BCUT2D eigenvalue weighted by molar-refractivity contribution is -0.385. The first-order valence-electron chi connectivity index (χ1n) is 6.50. The van der Waals surface area contributed by atoms with Crippen LogP contribution >= 0.6 is 0 Å². The molecule has 0 unspecified atom stereocenters. The molecule has 0 N–H and O–H groups in total. The largest absolute Gasteiger partial charge is 0.497 e. The minimum atomic E-state index is -0.455. The predicted molar refractivity (Wildman–Crippen MR) is 80.7 cm³/mol. The van der Waals surface area contributed by atoms with Crippen LogP contribution in [0.5, 0.6) is 5.75 Å². The molecule has 0 saturated heterocycles. The highest BCUT2D eigenvalue weighted by molar-refractivity contribution is 5.45. The molecule has 110 valence electrons. The molecule has 0 radical (unpaired) electrons. The topological polar surface area (TPSA) is 68.5 Å². The first-order valence-corrected chi connectivity index (χ1v) is 6.50. The van der Waals surface area contributed by atoms with Gasteiger partial charge in [0.2, 0.25) is 0 Å². The lowest BCUT2D eigenvalue weighted by Crippen LogP contribution is -2.22. The molecule has 1 aromatic carbocycles. The van der Waals surface area contributed by atoms with E-state index in [-0.39, 0.29) is 11.7 Å². The maximum absolute atomic E-state index is 10.6. The molecule has 6 nitrogen and oxygen atoms in total. The molecular weight excluding hydrogens is 270 g/mol. The minimum Gasteiger partial charge on any atom is -0.497 e. The summed E-state index contributed by atoms with van der Waals surface area (Å²) in [5.41, 5.74) is 1.10. The number of benzene rings is 1. The third-order valence-electron chi connectivity index (χ3n) is 3.48. The number of aromatic nitrogens is 1. The summed E-state index contributed by atoms with van der Waals surface area (Å²) in [4.78, 5) is 16.3. The van der Waals surface area contributed by atoms with Gasteiger partial charge < -0.3 is 9.64 Å². The highest BCUT2D eigenvalue weighted by Crippen LogP contribution is 2.26. The number of anilines is 1. The van der Waals surface area contributed by atoms with Crippen LogP contribution < -0.4 is 9.64 Å². The first-order chi connectivity index (χ1) is 10.0. The van der Waals surface area contributed by atoms with E-state index in [1.807, 2.05) is 43.1 Å². The van der Waals surface area contributed by atoms with Crippen molar-refractivity contribution in [1.29, 1.82) is 0 Å². The summed E-state index contributed by atoms with van der Waals surface area (Å²) in [5, 5.41) is 10.6. The van der Waals surface area contributed by atoms with Gasteiger partial charge in [-0.3, -0.25) is 10.1 Å². The smallest absolute Gasteiger partial charge is 0.287 e. The molecule has 21 heavy (non-hydrogen) atoms. The standard InChI is InChI=1S/C15H17N3O3/c1-11(12-4-7-14(21-3)8-5-12)17(2)15-9-6-13(10-16-15)18(19)20/h4-11H,1-3H3/t11-/m1/s1. The number of hydrogen-bond donors (Lipinski definition) is 0. The number of nitrogens with zero attached hydrogens (tertiary/aromatic N) is 3. The molecule has 0 saturated carbocycles. The molecule has 2 rings (SSSR count). The third kappa shape index (κ3) is 3.28. The zero-order chi connectivity index (χ0) is 15.4. The van der Waals surface area contributed by atoms with Gasteiger partial charge in [0.1, 0.15) is 17.8 Å². The van der Waals surface area contributed by atoms with Gasteiger partial charge in [0, 0.05) is 13.1 Å². The van der Waals surface area contributed by atoms with Crippen molar-refractivity contribution < 1.29 is 9.66 Å². The lowest BCUT2D eigenvalue weighted by atomic mass is 10.1. The van der Waals surface area contributed by atoms with Crippen LogP contribution in [0.15, 0.2) is 42.6 Å². The maximum Gasteiger partial charge on any atom is 0.287 e. The molecule has 6 heteroatoms. The Balaban J connectivity index is 2.17. The van der Waals surface area contributed by atoms with Crippen LogP contribution in [-0.2, 0) is 0 Å². The van der Waals surface area contributed by atoms with Gasteiger partial charge in [0.25, 0.3) is 5.69 Å². The van der Waals surface area contributed by atoms with Gasteiger partial charge in [-0.1, -0.05) is 12.1 Å². The molecule has 0 aliphatic carbocycles. The molecule has 0 aliphatic rings. The fraction of sp³-hybridized carbons (Fsp3) is 0.267. The van der Waals surface area contributed by atoms with Gasteiger partial charge in [-0.25, -0.2) is 4.98 Å². The predicted octanol–water partition coefficient (Wildman–Crippen LogP) is 3.20. The molecule has 0 bridgehead atoms. The van der Waals surface area contributed by atoms with Crippen molar-refractivity contribution in [3.8, 4) is 5.75 Å². The van der Waals surface area contributed by atoms with Gasteiger partial charge >= 0.3 is 0 Å². The number of rotatable bonds is 5. The second-order valence-electron chi connectivity index (χ2n) is 4.69. The van der Waals surface area contributed by atoms with E-state index in [0.717, 1.165) is 11.3 Å². The van der Waals surface area contributed by atoms with Crippen molar-refractivity contribution in [2.45, 2.75) is 13.0 Å². The minimum absolute atomic E-state index is 0.00995. The summed E-state index contributed by atoms with van der Waals surface area (Å²) in [7, 11) is 3.54. The quantitative estimate of drug-likeness (QED) is 0.624. The molecule has 1 heterocycles. The van der Waals surface area contributed by atoms with Crippen molar-refractivity contribution >= 4 is 11.5 Å². The number of ether oxygens (including phenoxy) is 1. The van der Waals surface area contributed by atoms with Crippen LogP contribution in [0.4, 0.5) is 11.5 Å². The number of hydrogen-bond acceptors (Lipinski definition) is 5. The number of methoxy groups -OCH3 is 1. The summed E-state index contributed by atoms with van der Waals surface area (Å²) in [6, 6.07) is 11.0. The molecule has 0 amide bonds. The van der Waals surface area contributed by atoms with Crippen LogP contribution in [0.2, 0.25) is 0 Å². The van der Waals surface area contributed by atoms with E-state index >= 15 is 0 Å². The Labute approximate surface area is 123 Å². The van der Waals surface area contributed by atoms with Gasteiger partial charge in [-0.2, -0.15) is 0 Å². The van der Waals surface area contributed by atoms with Gasteiger partial charge in [0.05, 0.1) is 18.1 Å². The van der Waals surface area contributed by atoms with E-state index in [4.69, 9.17) is 4.74 Å². The summed E-state index contributed by atoms with van der Waals surface area (Å²) in [6.07, 6.45) is 1.27. The average molecular weight is 287 g/mol. The van der Waals surface area contributed by atoms with Crippen molar-refractivity contribution in [1.82, 2.24) is 4.98 Å². The monoisotopic (exact) mass is 287 g/mol. The van der Waals surface area contributed by atoms with Crippen molar-refractivity contribution in [3.05, 3.63) is 58.3 Å². The number of nitro groups is 1. The Morgan fingerprint density at radius 3 is 2.38 bits per heavy atom. The number of pyridine rings is 1. The van der Waals surface area contributed by atoms with Gasteiger partial charge in [0.15, 0.2) is 0 Å². The van der Waals surface area contributed by atoms with E-state index < -0.39 is 4.92 Å². The van der Waals surface area contributed by atoms with Crippen LogP contribution in [0.1, 0.15) is 18.5 Å². The van der Waals surface area contributed by atoms with Crippen molar-refractivity contribution in [3.63, 3.8) is 0 Å². The average Bonchev–Trinajstić information content (AvgIpc) is 2.53. The van der Waals surface area contributed by atoms with Gasteiger partial charge in [-0.15, -0.1) is 0 Å². The molecule has 2 aromatic rings. The molecule has 0 aliphatic heterocycles. The van der Waals surface area contributed by atoms with Crippen LogP contribution in [0.3, 0.4) is 0 Å². The van der Waals surface area contributed by atoms with Crippen LogP contribution in [0, 0.1) is 10.1 Å². The Morgan fingerprint density at radius 2 is 1.90 bits per heavy atom. The molecule has 1 aromatic heterocycles. The summed E-state index contributed by atoms with van der Waals surface area (Å²) in [6.45, 7) is 2.05. The van der Waals surface area contributed by atoms with Crippen LogP contribution in [0.25, 0.3) is 0 Å². The highest BCUT2D eigenvalue weighted by Gasteiger charge is 2.15. The fourth-order valence-electron chi connectivity index (χ4n) is 2.00. The van der Waals surface area contributed by atoms with E-state index in [9.17, 15) is 10.1 Å². The third-order valence-corrected chi connectivity index (χ3v) is 3.48. The Morgan fingerprint density at radius 1 is 1.24 bits per heavy atom. The maximum atomic E-state index is 10.6. The Kier molecular flexibility index (Phi) is 4.37. The fourth-order valence-corrected chi connectivity index (χ4v) is 2.00. The van der Waals surface area contributed by atoms with Crippen LogP contribution in [-0.4, -0.2) is 24.1 Å². The SMILES string of the molecule is COc1ccc([C@@H](C)N(C)c2ccc([N+](=O)[O-])cn2)cc1. The Bertz CT molecular complexity index is 611. The molecular formula is C15H17N3O3. The Hall–Kier alpha value is -2.63. The highest BCUT2D eigenvalue weighted by atomic mass is 16.6. The summed E-state index contributed by atoms with van der Waals surface area (Å²) in [5.74, 6) is 1.49. The molecule has 0 spiro atoms. The lowest BCUT2D eigenvalue weighted by Gasteiger charge is -2.26. The second kappa shape index (κ2) is 6.21. The summed E-state index contributed by atoms with van der Waals surface area (Å²) < 4.78 is 5.14. The van der Waals surface area contributed by atoms with E-state index in [0.29, 0.717) is 5.82 Å². The van der Waals surface area contributed by atoms with Crippen molar-refractivity contribution in [2.24, 2.45) is 0 Å². The van der Waals surface area contributed by atoms with E-state index in [1.165, 1.54) is 12.3 Å². The van der Waals surface area contributed by atoms with E-state index in [2.05, 4.69) is 4.98 Å². The normalized spacial score (nSPS) is 11.8. The summed E-state index contributed by atoms with van der Waals surface area (Å²) >= 11 is 0. The van der Waals surface area contributed by atoms with Gasteiger partial charge in [-0.05, 0) is 30.7 Å². The van der Waals surface area contributed by atoms with Crippen molar-refractivity contribution in [2.75, 3.05) is 19.1 Å². The molecule has 1 atom stereocenters. The first kappa shape index (κ1) is 14.8. The second-order valence-corrected chi connectivity index (χ2v) is 4.69. The zero-order valence-electron chi connectivity index (χ0n) is 12.2. The zero-order valence-corrected chi connectivity index (χ0v) is 12.2. The van der Waals surface area contributed by atoms with E-state index in [1.54, 1.807) is 13.2 Å².